The van der Waals surface area contributed by atoms with E-state index in [-0.39, 0.29) is 0 Å². The minimum Gasteiger partial charge on any atom is -0.335 e. The quantitative estimate of drug-likeness (QED) is 0.816. The minimum absolute atomic E-state index is 0.923. The van der Waals surface area contributed by atoms with Crippen LogP contribution in [0, 0.1) is 5.92 Å². The van der Waals surface area contributed by atoms with Crippen molar-refractivity contribution in [1.82, 2.24) is 14.9 Å². The molecule has 0 radical (unpaired) electrons. The topological polar surface area (TPSA) is 29.9 Å². The van der Waals surface area contributed by atoms with E-state index in [1.807, 2.05) is 12.5 Å². The summed E-state index contributed by atoms with van der Waals surface area (Å²) in [5.41, 5.74) is 1.40. The molecule has 1 aliphatic heterocycles. The summed E-state index contributed by atoms with van der Waals surface area (Å²) >= 11 is 0. The Bertz CT molecular complexity index is 287. The average molecular weight is 207 g/mol. The molecule has 1 aromatic rings. The highest BCUT2D eigenvalue weighted by Gasteiger charge is 2.13. The summed E-state index contributed by atoms with van der Waals surface area (Å²) in [5, 5.41) is 3.41. The Morgan fingerprint density at radius 1 is 1.47 bits per heavy atom. The lowest BCUT2D eigenvalue weighted by atomic mass is 9.92. The number of piperidine rings is 1. The van der Waals surface area contributed by atoms with Gasteiger partial charge in [-0.05, 0) is 51.6 Å². The van der Waals surface area contributed by atoms with E-state index in [0.717, 1.165) is 12.5 Å². The maximum atomic E-state index is 4.21. The van der Waals surface area contributed by atoms with Crippen molar-refractivity contribution in [2.24, 2.45) is 5.92 Å². The zero-order chi connectivity index (χ0) is 10.5. The lowest BCUT2D eigenvalue weighted by Crippen LogP contribution is -2.28. The molecule has 1 saturated heterocycles. The van der Waals surface area contributed by atoms with Gasteiger partial charge >= 0.3 is 0 Å². The first-order valence-electron chi connectivity index (χ1n) is 6.10. The molecular formula is C12H21N3. The van der Waals surface area contributed by atoms with Gasteiger partial charge in [-0.15, -0.1) is 0 Å². The van der Waals surface area contributed by atoms with Gasteiger partial charge in [-0.2, -0.15) is 0 Å². The van der Waals surface area contributed by atoms with E-state index in [0.29, 0.717) is 0 Å². The van der Waals surface area contributed by atoms with E-state index < -0.39 is 0 Å². The molecule has 3 nitrogen and oxygen atoms in total. The van der Waals surface area contributed by atoms with Gasteiger partial charge in [-0.1, -0.05) is 0 Å². The van der Waals surface area contributed by atoms with Crippen LogP contribution in [0.3, 0.4) is 0 Å². The van der Waals surface area contributed by atoms with Crippen molar-refractivity contribution in [3.63, 3.8) is 0 Å². The fourth-order valence-corrected chi connectivity index (χ4v) is 2.36. The zero-order valence-corrected chi connectivity index (χ0v) is 9.58. The van der Waals surface area contributed by atoms with Gasteiger partial charge in [0.05, 0.1) is 6.33 Å². The van der Waals surface area contributed by atoms with E-state index in [2.05, 4.69) is 21.8 Å². The van der Waals surface area contributed by atoms with E-state index in [1.165, 1.54) is 44.5 Å². The molecule has 0 atom stereocenters. The van der Waals surface area contributed by atoms with Gasteiger partial charge in [0.2, 0.25) is 0 Å². The SMILES string of the molecule is CCn1cncc1CCC1CCNCC1. The van der Waals surface area contributed by atoms with Crippen LogP contribution >= 0.6 is 0 Å². The Labute approximate surface area is 91.9 Å². The summed E-state index contributed by atoms with van der Waals surface area (Å²) in [7, 11) is 0. The van der Waals surface area contributed by atoms with Gasteiger partial charge in [0.25, 0.3) is 0 Å². The fraction of sp³-hybridized carbons (Fsp3) is 0.750. The second kappa shape index (κ2) is 5.31. The van der Waals surface area contributed by atoms with Gasteiger partial charge < -0.3 is 9.88 Å². The normalized spacial score (nSPS) is 18.2. The zero-order valence-electron chi connectivity index (χ0n) is 9.58. The molecule has 1 fully saturated rings. The molecule has 0 amide bonds. The van der Waals surface area contributed by atoms with Crippen LogP contribution in [0.15, 0.2) is 12.5 Å². The maximum Gasteiger partial charge on any atom is 0.0948 e. The molecule has 0 aliphatic carbocycles. The van der Waals surface area contributed by atoms with Crippen LogP contribution in [0.4, 0.5) is 0 Å². The molecule has 1 aromatic heterocycles. The lowest BCUT2D eigenvalue weighted by Gasteiger charge is -2.22. The molecule has 0 bridgehead atoms. The second-order valence-electron chi connectivity index (χ2n) is 4.40. The summed E-state index contributed by atoms with van der Waals surface area (Å²) < 4.78 is 2.25. The van der Waals surface area contributed by atoms with Crippen LogP contribution in [-0.4, -0.2) is 22.6 Å². The Morgan fingerprint density at radius 3 is 3.00 bits per heavy atom. The molecular weight excluding hydrogens is 186 g/mol. The highest BCUT2D eigenvalue weighted by molar-refractivity contribution is 4.98. The van der Waals surface area contributed by atoms with E-state index in [9.17, 15) is 0 Å². The van der Waals surface area contributed by atoms with Crippen LogP contribution in [-0.2, 0) is 13.0 Å². The largest absolute Gasteiger partial charge is 0.335 e. The van der Waals surface area contributed by atoms with Gasteiger partial charge in [-0.3, -0.25) is 0 Å². The molecule has 0 spiro atoms. The van der Waals surface area contributed by atoms with Crippen LogP contribution in [0.25, 0.3) is 0 Å². The number of aromatic nitrogens is 2. The van der Waals surface area contributed by atoms with Crippen LogP contribution in [0.2, 0.25) is 0 Å². The van der Waals surface area contributed by atoms with Crippen LogP contribution < -0.4 is 5.32 Å². The first-order valence-corrected chi connectivity index (χ1v) is 6.10. The first kappa shape index (κ1) is 10.7. The van der Waals surface area contributed by atoms with Crippen molar-refractivity contribution in [3.05, 3.63) is 18.2 Å². The number of aryl methyl sites for hydroxylation is 2. The van der Waals surface area contributed by atoms with Crippen molar-refractivity contribution >= 4 is 0 Å². The highest BCUT2D eigenvalue weighted by Crippen LogP contribution is 2.18. The molecule has 1 aliphatic rings. The number of nitrogens with one attached hydrogen (secondary N) is 1. The number of hydrogen-bond acceptors (Lipinski definition) is 2. The number of nitrogens with zero attached hydrogens (tertiary/aromatic N) is 2. The summed E-state index contributed by atoms with van der Waals surface area (Å²) in [4.78, 5) is 4.21. The number of hydrogen-bond donors (Lipinski definition) is 1. The van der Waals surface area contributed by atoms with Crippen molar-refractivity contribution in [3.8, 4) is 0 Å². The lowest BCUT2D eigenvalue weighted by molar-refractivity contribution is 0.352. The van der Waals surface area contributed by atoms with Gasteiger partial charge in [-0.25, -0.2) is 4.98 Å². The molecule has 3 heteroatoms. The molecule has 1 N–H and O–H groups in total. The van der Waals surface area contributed by atoms with E-state index in [1.54, 1.807) is 0 Å². The molecule has 0 unspecified atom stereocenters. The molecule has 15 heavy (non-hydrogen) atoms. The van der Waals surface area contributed by atoms with Gasteiger partial charge in [0.1, 0.15) is 0 Å². The van der Waals surface area contributed by atoms with Crippen molar-refractivity contribution in [2.75, 3.05) is 13.1 Å². The third kappa shape index (κ3) is 2.81. The maximum absolute atomic E-state index is 4.21. The molecule has 2 heterocycles. The Morgan fingerprint density at radius 2 is 2.27 bits per heavy atom. The summed E-state index contributed by atoms with van der Waals surface area (Å²) in [6.07, 6.45) is 9.18. The third-order valence-electron chi connectivity index (χ3n) is 3.41. The number of rotatable bonds is 4. The van der Waals surface area contributed by atoms with Crippen molar-refractivity contribution in [2.45, 2.75) is 39.2 Å². The summed E-state index contributed by atoms with van der Waals surface area (Å²) in [6, 6.07) is 0. The predicted molar refractivity (Wildman–Crippen MR) is 61.8 cm³/mol. The summed E-state index contributed by atoms with van der Waals surface area (Å²) in [6.45, 7) is 5.63. The summed E-state index contributed by atoms with van der Waals surface area (Å²) in [5.74, 6) is 0.923. The highest BCUT2D eigenvalue weighted by atomic mass is 15.0. The van der Waals surface area contributed by atoms with Gasteiger partial charge in [0, 0.05) is 18.4 Å². The molecule has 2 rings (SSSR count). The fourth-order valence-electron chi connectivity index (χ4n) is 2.36. The van der Waals surface area contributed by atoms with E-state index in [4.69, 9.17) is 0 Å². The molecule has 84 valence electrons. The van der Waals surface area contributed by atoms with Crippen molar-refractivity contribution in [1.29, 1.82) is 0 Å². The number of imidazole rings is 1. The van der Waals surface area contributed by atoms with Crippen molar-refractivity contribution < 1.29 is 0 Å². The second-order valence-corrected chi connectivity index (χ2v) is 4.40. The molecule has 0 saturated carbocycles. The smallest absolute Gasteiger partial charge is 0.0948 e. The Balaban J connectivity index is 1.81. The molecule has 0 aromatic carbocycles. The standard InChI is InChI=1S/C12H21N3/c1-2-15-10-14-9-12(15)4-3-11-5-7-13-8-6-11/h9-11,13H,2-8H2,1H3. The monoisotopic (exact) mass is 207 g/mol. The predicted octanol–water partition coefficient (Wildman–Crippen LogP) is 1.84. The van der Waals surface area contributed by atoms with Crippen LogP contribution in [0.1, 0.15) is 31.9 Å². The Kier molecular flexibility index (Phi) is 3.78. The van der Waals surface area contributed by atoms with Crippen LogP contribution in [0.5, 0.6) is 0 Å². The first-order chi connectivity index (χ1) is 7.40. The minimum atomic E-state index is 0.923. The average Bonchev–Trinajstić information content (AvgIpc) is 2.75. The van der Waals surface area contributed by atoms with E-state index >= 15 is 0 Å². The third-order valence-corrected chi connectivity index (χ3v) is 3.41. The van der Waals surface area contributed by atoms with Gasteiger partial charge in [0.15, 0.2) is 0 Å². The Hall–Kier alpha value is -0.830.